The Morgan fingerprint density at radius 1 is 0.606 bits per heavy atom. The molecule has 33 heavy (non-hydrogen) atoms. The lowest BCUT2D eigenvalue weighted by Gasteiger charge is -2.42. The average Bonchev–Trinajstić information content (AvgIpc) is 3.25. The number of hydrogen-bond acceptors (Lipinski definition) is 0. The van der Waals surface area contributed by atoms with Crippen molar-refractivity contribution in [2.75, 3.05) is 0 Å². The molecule has 0 saturated heterocycles. The summed E-state index contributed by atoms with van der Waals surface area (Å²) >= 11 is 0. The molecular weight excluding hydrogens is 396 g/mol. The van der Waals surface area contributed by atoms with E-state index in [-0.39, 0.29) is 5.41 Å². The van der Waals surface area contributed by atoms with Crippen LogP contribution in [0, 0.1) is 5.92 Å². The van der Waals surface area contributed by atoms with Crippen molar-refractivity contribution >= 4 is 0 Å². The lowest BCUT2D eigenvalue weighted by Crippen LogP contribution is -2.35. The zero-order valence-corrected chi connectivity index (χ0v) is 19.3. The third-order valence-corrected chi connectivity index (χ3v) is 8.24. The fraction of sp³-hybridized carbons (Fsp3) is 0.273. The van der Waals surface area contributed by atoms with Crippen LogP contribution in [-0.4, -0.2) is 0 Å². The van der Waals surface area contributed by atoms with Gasteiger partial charge in [0.2, 0.25) is 0 Å². The smallest absolute Gasteiger partial charge is 0.000338 e. The van der Waals surface area contributed by atoms with Gasteiger partial charge >= 0.3 is 0 Å². The maximum Gasteiger partial charge on any atom is -0.000338 e. The van der Waals surface area contributed by atoms with Crippen molar-refractivity contribution < 1.29 is 0 Å². The molecule has 0 spiro atoms. The molecule has 6 rings (SSSR count). The Labute approximate surface area is 198 Å². The molecule has 4 aromatic carbocycles. The predicted octanol–water partition coefficient (Wildman–Crippen LogP) is 8.17. The Kier molecular flexibility index (Phi) is 5.38. The normalized spacial score (nSPS) is 21.4. The first kappa shape index (κ1) is 20.5. The number of fused-ring (bicyclic) bond motifs is 3. The van der Waals surface area contributed by atoms with E-state index in [0.29, 0.717) is 0 Å². The predicted molar refractivity (Wildman–Crippen MR) is 139 cm³/mol. The van der Waals surface area contributed by atoms with E-state index in [1.165, 1.54) is 59.9 Å². The largest absolute Gasteiger partial charge is 0.0622 e. The molecule has 0 bridgehead atoms. The van der Waals surface area contributed by atoms with Crippen molar-refractivity contribution in [1.29, 1.82) is 0 Å². The Hall–Kier alpha value is -3.12. The molecule has 1 saturated carbocycles. The third-order valence-electron chi connectivity index (χ3n) is 8.24. The molecule has 0 heteroatoms. The van der Waals surface area contributed by atoms with Gasteiger partial charge in [0.25, 0.3) is 0 Å². The summed E-state index contributed by atoms with van der Waals surface area (Å²) in [5.74, 6) is 0.797. The highest BCUT2D eigenvalue weighted by Crippen LogP contribution is 2.49. The lowest BCUT2D eigenvalue weighted by molar-refractivity contribution is 0.226. The molecule has 4 aromatic rings. The highest BCUT2D eigenvalue weighted by molar-refractivity contribution is 5.78. The summed E-state index contributed by atoms with van der Waals surface area (Å²) in [6.45, 7) is 0. The summed E-state index contributed by atoms with van der Waals surface area (Å²) in [6, 6.07) is 38.4. The van der Waals surface area contributed by atoms with E-state index in [1.807, 2.05) is 0 Å². The number of rotatable bonds is 5. The van der Waals surface area contributed by atoms with E-state index >= 15 is 0 Å². The van der Waals surface area contributed by atoms with Gasteiger partial charge in [0.05, 0.1) is 0 Å². The van der Waals surface area contributed by atoms with Gasteiger partial charge in [0.1, 0.15) is 0 Å². The van der Waals surface area contributed by atoms with Crippen LogP contribution >= 0.6 is 0 Å². The van der Waals surface area contributed by atoms with Crippen molar-refractivity contribution in [3.63, 3.8) is 0 Å². The first-order valence-electron chi connectivity index (χ1n) is 12.6. The lowest BCUT2D eigenvalue weighted by atomic mass is 9.62. The average molecular weight is 429 g/mol. The Morgan fingerprint density at radius 3 is 2.00 bits per heavy atom. The molecule has 2 aliphatic rings. The summed E-state index contributed by atoms with van der Waals surface area (Å²) in [6.07, 6.45) is 8.67. The van der Waals surface area contributed by atoms with Gasteiger partial charge < -0.3 is 0 Å². The molecule has 0 aliphatic heterocycles. The van der Waals surface area contributed by atoms with Gasteiger partial charge in [-0.15, -0.1) is 0 Å². The van der Waals surface area contributed by atoms with Crippen molar-refractivity contribution in [2.45, 2.75) is 50.4 Å². The van der Waals surface area contributed by atoms with Crippen LogP contribution in [0.1, 0.15) is 53.5 Å². The molecule has 0 N–H and O–H groups in total. The van der Waals surface area contributed by atoms with Crippen LogP contribution in [0.2, 0.25) is 0 Å². The third kappa shape index (κ3) is 3.93. The summed E-state index contributed by atoms with van der Waals surface area (Å²) < 4.78 is 0. The molecule has 0 aromatic heterocycles. The van der Waals surface area contributed by atoms with E-state index in [4.69, 9.17) is 0 Å². The Morgan fingerprint density at radius 2 is 1.24 bits per heavy atom. The first-order chi connectivity index (χ1) is 16.3. The minimum atomic E-state index is 0.238. The second-order valence-electron chi connectivity index (χ2n) is 10.2. The molecule has 0 radical (unpaired) electrons. The van der Waals surface area contributed by atoms with Gasteiger partial charge in [-0.3, -0.25) is 0 Å². The molecular formula is C33H32. The molecule has 0 nitrogen and oxygen atoms in total. The van der Waals surface area contributed by atoms with Crippen molar-refractivity contribution in [3.05, 3.63) is 131 Å². The monoisotopic (exact) mass is 428 g/mol. The van der Waals surface area contributed by atoms with Gasteiger partial charge in [-0.25, -0.2) is 0 Å². The van der Waals surface area contributed by atoms with Crippen LogP contribution in [0.4, 0.5) is 0 Å². The van der Waals surface area contributed by atoms with E-state index in [1.54, 1.807) is 11.1 Å². The molecule has 0 heterocycles. The van der Waals surface area contributed by atoms with Crippen LogP contribution in [0.5, 0.6) is 0 Å². The highest BCUT2D eigenvalue weighted by atomic mass is 14.4. The van der Waals surface area contributed by atoms with Crippen LogP contribution < -0.4 is 0 Å². The fourth-order valence-corrected chi connectivity index (χ4v) is 6.56. The quantitative estimate of drug-likeness (QED) is 0.265. The van der Waals surface area contributed by atoms with Crippen LogP contribution in [-0.2, 0) is 24.7 Å². The summed E-state index contributed by atoms with van der Waals surface area (Å²) in [5.41, 5.74) is 10.8. The SMILES string of the molecule is c1ccc(CC2CCC(Cc3ccccc3)(c3cccc4c3Cc3ccccc3-4)CC2)cc1. The first-order valence-corrected chi connectivity index (χ1v) is 12.6. The highest BCUT2D eigenvalue weighted by Gasteiger charge is 2.39. The zero-order chi connectivity index (χ0) is 22.1. The van der Waals surface area contributed by atoms with Crippen molar-refractivity contribution in [3.8, 4) is 11.1 Å². The molecule has 2 aliphatic carbocycles. The minimum absolute atomic E-state index is 0.238. The molecule has 0 unspecified atom stereocenters. The maximum absolute atomic E-state index is 2.46. The van der Waals surface area contributed by atoms with Gasteiger partial charge in [-0.1, -0.05) is 103 Å². The second kappa shape index (κ2) is 8.67. The maximum atomic E-state index is 2.46. The van der Waals surface area contributed by atoms with Gasteiger partial charge in [0, 0.05) is 0 Å². The number of benzene rings is 4. The van der Waals surface area contributed by atoms with E-state index in [0.717, 1.165) is 18.8 Å². The van der Waals surface area contributed by atoms with Gasteiger partial charge in [0.15, 0.2) is 0 Å². The van der Waals surface area contributed by atoms with Crippen molar-refractivity contribution in [2.24, 2.45) is 5.92 Å². The van der Waals surface area contributed by atoms with Gasteiger partial charge in [-0.2, -0.15) is 0 Å². The van der Waals surface area contributed by atoms with Crippen LogP contribution in [0.3, 0.4) is 0 Å². The topological polar surface area (TPSA) is 0 Å². The minimum Gasteiger partial charge on any atom is -0.0622 e. The fourth-order valence-electron chi connectivity index (χ4n) is 6.56. The summed E-state index contributed by atoms with van der Waals surface area (Å²) in [7, 11) is 0. The van der Waals surface area contributed by atoms with Crippen LogP contribution in [0.15, 0.2) is 103 Å². The van der Waals surface area contributed by atoms with Crippen molar-refractivity contribution in [1.82, 2.24) is 0 Å². The Bertz CT molecular complexity index is 1230. The van der Waals surface area contributed by atoms with E-state index in [9.17, 15) is 0 Å². The standard InChI is InChI=1S/C33H32/c1-3-10-25(11-4-1)22-26-18-20-33(21-19-26,24-27-12-5-2-6-13-27)32-17-9-16-30-29-15-8-7-14-28(29)23-31(30)32/h1-17,26H,18-24H2. The summed E-state index contributed by atoms with van der Waals surface area (Å²) in [5, 5.41) is 0. The van der Waals surface area contributed by atoms with Gasteiger partial charge in [-0.05, 0) is 95.2 Å². The molecule has 0 amide bonds. The van der Waals surface area contributed by atoms with E-state index < -0.39 is 0 Å². The molecule has 1 fully saturated rings. The molecule has 0 atom stereocenters. The molecule has 164 valence electrons. The van der Waals surface area contributed by atoms with Crippen LogP contribution in [0.25, 0.3) is 11.1 Å². The Balaban J connectivity index is 1.35. The van der Waals surface area contributed by atoms with E-state index in [2.05, 4.69) is 103 Å². The zero-order valence-electron chi connectivity index (χ0n) is 19.3. The summed E-state index contributed by atoms with van der Waals surface area (Å²) in [4.78, 5) is 0. The number of hydrogen-bond donors (Lipinski definition) is 0. The second-order valence-corrected chi connectivity index (χ2v) is 10.2.